The number of aromatic nitrogens is 4. The van der Waals surface area contributed by atoms with Gasteiger partial charge in [0.25, 0.3) is 0 Å². The van der Waals surface area contributed by atoms with E-state index in [1.807, 2.05) is 36.6 Å². The van der Waals surface area contributed by atoms with Crippen LogP contribution in [-0.2, 0) is 35.9 Å². The molecule has 59 heavy (non-hydrogen) atoms. The Balaban J connectivity index is 0.000000257. The summed E-state index contributed by atoms with van der Waals surface area (Å²) in [6.07, 6.45) is 7.04. The van der Waals surface area contributed by atoms with Crippen LogP contribution in [0.15, 0.2) is 120 Å². The van der Waals surface area contributed by atoms with Crippen molar-refractivity contribution in [3.8, 4) is 23.9 Å². The SMILES string of the molecule is C.CS(=O)(=O)c1ncc(Cc2ccc(C(N)=O)cc2)c(OCc2ccc(C#N)cc2)n1.CSc1ncc(Cc2ccc(C(N)=O)cc2)c(OCc2ccc(C#N)cc2)n1. The van der Waals surface area contributed by atoms with Crippen molar-refractivity contribution in [1.29, 1.82) is 10.5 Å². The van der Waals surface area contributed by atoms with E-state index in [0.717, 1.165) is 34.1 Å². The molecule has 0 radical (unpaired) electrons. The summed E-state index contributed by atoms with van der Waals surface area (Å²) >= 11 is 1.44. The topological polar surface area (TPSA) is 238 Å². The lowest BCUT2D eigenvalue weighted by atomic mass is 10.1. The van der Waals surface area contributed by atoms with E-state index >= 15 is 0 Å². The van der Waals surface area contributed by atoms with Crippen molar-refractivity contribution in [2.45, 2.75) is 43.8 Å². The molecule has 6 aromatic rings. The highest BCUT2D eigenvalue weighted by Gasteiger charge is 2.17. The van der Waals surface area contributed by atoms with Gasteiger partial charge in [-0.3, -0.25) is 9.59 Å². The average molecular weight is 829 g/mol. The van der Waals surface area contributed by atoms with Crippen molar-refractivity contribution < 1.29 is 27.5 Å². The number of sulfone groups is 1. The van der Waals surface area contributed by atoms with E-state index in [4.69, 9.17) is 31.5 Å². The minimum Gasteiger partial charge on any atom is -0.472 e. The first-order chi connectivity index (χ1) is 27.8. The maximum atomic E-state index is 11.8. The van der Waals surface area contributed by atoms with Gasteiger partial charge >= 0.3 is 0 Å². The number of nitriles is 2. The number of carbonyl (C=O) groups is 2. The van der Waals surface area contributed by atoms with Crippen molar-refractivity contribution in [3.05, 3.63) is 165 Å². The zero-order valence-electron chi connectivity index (χ0n) is 31.3. The largest absolute Gasteiger partial charge is 0.472 e. The van der Waals surface area contributed by atoms with Gasteiger partial charge in [-0.05, 0) is 77.0 Å². The second-order valence-electron chi connectivity index (χ2n) is 12.6. The third-order valence-corrected chi connectivity index (χ3v) is 9.72. The molecule has 2 amide bonds. The molecule has 2 aromatic heterocycles. The summed E-state index contributed by atoms with van der Waals surface area (Å²) in [7, 11) is -3.61. The van der Waals surface area contributed by atoms with E-state index < -0.39 is 21.7 Å². The lowest BCUT2D eigenvalue weighted by Gasteiger charge is -2.12. The van der Waals surface area contributed by atoms with Gasteiger partial charge in [-0.2, -0.15) is 20.5 Å². The first kappa shape index (κ1) is 44.6. The first-order valence-corrected chi connectivity index (χ1v) is 20.4. The van der Waals surface area contributed by atoms with Gasteiger partial charge in [0.05, 0.1) is 23.3 Å². The molecule has 2 heterocycles. The molecule has 0 aliphatic heterocycles. The summed E-state index contributed by atoms with van der Waals surface area (Å²) in [5.41, 5.74) is 17.5. The summed E-state index contributed by atoms with van der Waals surface area (Å²) in [5, 5.41) is 18.1. The summed E-state index contributed by atoms with van der Waals surface area (Å²) in [4.78, 5) is 39.3. The van der Waals surface area contributed by atoms with Crippen LogP contribution in [0.2, 0.25) is 0 Å². The fourth-order valence-electron chi connectivity index (χ4n) is 5.19. The molecule has 4 aromatic carbocycles. The molecule has 16 heteroatoms. The smallest absolute Gasteiger partial charge is 0.250 e. The standard InChI is InChI=1S/C21H18N4O4S.C21H18N4O2S.CH4/c1-30(27,28)21-24-12-18(10-14-6-8-17(9-7-14)19(23)26)20(25-21)29-13-16-4-2-15(11-22)3-5-16;1-28-21-24-12-18(10-14-6-8-17(9-7-14)19(23)26)20(25-21)27-13-16-4-2-15(11-22)3-5-16;/h2-9,12H,10,13H2,1H3,(H2,23,26);2-9,12H,10,13H2,1H3,(H2,23,26);1H4. The van der Waals surface area contributed by atoms with Gasteiger partial charge in [-0.15, -0.1) is 0 Å². The van der Waals surface area contributed by atoms with E-state index in [0.29, 0.717) is 58.3 Å². The van der Waals surface area contributed by atoms with Crippen molar-refractivity contribution in [2.24, 2.45) is 11.5 Å². The zero-order valence-corrected chi connectivity index (χ0v) is 33.0. The van der Waals surface area contributed by atoms with Gasteiger partial charge in [-0.25, -0.2) is 18.4 Å². The molecule has 0 fully saturated rings. The van der Waals surface area contributed by atoms with Gasteiger partial charge in [0.15, 0.2) is 5.16 Å². The predicted molar refractivity (Wildman–Crippen MR) is 222 cm³/mol. The molecular formula is C43H40N8O6S2. The Bertz CT molecular complexity index is 2590. The van der Waals surface area contributed by atoms with Crippen LogP contribution >= 0.6 is 11.8 Å². The van der Waals surface area contributed by atoms with Gasteiger partial charge in [-0.1, -0.05) is 67.7 Å². The van der Waals surface area contributed by atoms with Crippen LogP contribution in [-0.4, -0.2) is 52.7 Å². The Labute approximate surface area is 346 Å². The molecule has 6 rings (SSSR count). The van der Waals surface area contributed by atoms with Gasteiger partial charge in [0.1, 0.15) is 13.2 Å². The van der Waals surface area contributed by atoms with Crippen LogP contribution in [0.1, 0.15) is 72.7 Å². The van der Waals surface area contributed by atoms with E-state index in [1.165, 1.54) is 18.0 Å². The second-order valence-corrected chi connectivity index (χ2v) is 15.3. The summed E-state index contributed by atoms with van der Waals surface area (Å²) < 4.78 is 35.4. The van der Waals surface area contributed by atoms with Crippen LogP contribution in [0.25, 0.3) is 0 Å². The van der Waals surface area contributed by atoms with Crippen LogP contribution in [0.5, 0.6) is 11.8 Å². The van der Waals surface area contributed by atoms with Crippen LogP contribution in [0.3, 0.4) is 0 Å². The minimum absolute atomic E-state index is 0. The summed E-state index contributed by atoms with van der Waals surface area (Å²) in [6.45, 7) is 0.476. The van der Waals surface area contributed by atoms with Crippen molar-refractivity contribution >= 4 is 33.4 Å². The molecule has 0 bridgehead atoms. The number of rotatable bonds is 14. The Hall–Kier alpha value is -7.14. The number of carbonyl (C=O) groups excluding carboxylic acids is 2. The molecular weight excluding hydrogens is 789 g/mol. The summed E-state index contributed by atoms with van der Waals surface area (Å²) in [5.74, 6) is -0.309. The van der Waals surface area contributed by atoms with Crippen molar-refractivity contribution in [3.63, 3.8) is 0 Å². The number of ether oxygens (including phenoxy) is 2. The first-order valence-electron chi connectivity index (χ1n) is 17.3. The van der Waals surface area contributed by atoms with Crippen molar-refractivity contribution in [2.75, 3.05) is 12.5 Å². The number of benzene rings is 4. The quantitative estimate of drug-likeness (QED) is 0.0948. The lowest BCUT2D eigenvalue weighted by molar-refractivity contribution is 0.0992. The normalized spacial score (nSPS) is 10.4. The highest BCUT2D eigenvalue weighted by Crippen LogP contribution is 2.24. The fraction of sp³-hybridized carbons (Fsp3) is 0.163. The van der Waals surface area contributed by atoms with Crippen LogP contribution in [0, 0.1) is 22.7 Å². The molecule has 0 atom stereocenters. The molecule has 0 saturated heterocycles. The summed E-state index contributed by atoms with van der Waals surface area (Å²) in [6, 6.07) is 32.0. The molecule has 0 saturated carbocycles. The van der Waals surface area contributed by atoms with Crippen LogP contribution in [0.4, 0.5) is 0 Å². The number of primary amides is 2. The second kappa shape index (κ2) is 20.9. The van der Waals surface area contributed by atoms with Gasteiger partial charge in [0.2, 0.25) is 38.6 Å². The van der Waals surface area contributed by atoms with E-state index in [9.17, 15) is 18.0 Å². The van der Waals surface area contributed by atoms with E-state index in [-0.39, 0.29) is 25.1 Å². The van der Waals surface area contributed by atoms with E-state index in [1.54, 1.807) is 79.0 Å². The molecule has 14 nitrogen and oxygen atoms in total. The molecule has 300 valence electrons. The lowest BCUT2D eigenvalue weighted by Crippen LogP contribution is -2.11. The van der Waals surface area contributed by atoms with Crippen LogP contribution < -0.4 is 20.9 Å². The molecule has 0 unspecified atom stereocenters. The number of hydrogen-bond acceptors (Lipinski definition) is 13. The van der Waals surface area contributed by atoms with Crippen molar-refractivity contribution in [1.82, 2.24) is 19.9 Å². The maximum Gasteiger partial charge on any atom is 0.250 e. The Morgan fingerprint density at radius 3 is 1.41 bits per heavy atom. The molecule has 0 aliphatic carbocycles. The zero-order chi connectivity index (χ0) is 41.7. The molecule has 0 spiro atoms. The average Bonchev–Trinajstić information content (AvgIpc) is 3.23. The fourth-order valence-corrected chi connectivity index (χ4v) is 6.01. The monoisotopic (exact) mass is 828 g/mol. The number of amides is 2. The number of nitrogens with zero attached hydrogens (tertiary/aromatic N) is 6. The highest BCUT2D eigenvalue weighted by atomic mass is 32.2. The van der Waals surface area contributed by atoms with Gasteiger partial charge < -0.3 is 20.9 Å². The third kappa shape index (κ3) is 12.9. The minimum atomic E-state index is -3.61. The Morgan fingerprint density at radius 1 is 0.644 bits per heavy atom. The Kier molecular flexibility index (Phi) is 15.8. The highest BCUT2D eigenvalue weighted by molar-refractivity contribution is 7.98. The van der Waals surface area contributed by atoms with Gasteiger partial charge in [0, 0.05) is 53.7 Å². The predicted octanol–water partition coefficient (Wildman–Crippen LogP) is 6.00. The third-order valence-electron chi connectivity index (χ3n) is 8.30. The maximum absolute atomic E-state index is 11.8. The number of nitrogens with two attached hydrogens (primary N) is 2. The number of hydrogen-bond donors (Lipinski definition) is 2. The Morgan fingerprint density at radius 2 is 1.03 bits per heavy atom. The molecule has 0 aliphatic rings. The number of thioether (sulfide) groups is 1. The molecule has 4 N–H and O–H groups in total. The van der Waals surface area contributed by atoms with E-state index in [2.05, 4.69) is 26.0 Å².